The highest BCUT2D eigenvalue weighted by atomic mass is 16.5. The molecule has 1 saturated heterocycles. The van der Waals surface area contributed by atoms with Gasteiger partial charge in [0.25, 0.3) is 0 Å². The van der Waals surface area contributed by atoms with Crippen LogP contribution in [0.4, 0.5) is 0 Å². The van der Waals surface area contributed by atoms with Gasteiger partial charge in [-0.3, -0.25) is 0 Å². The van der Waals surface area contributed by atoms with Crippen LogP contribution < -0.4 is 11.1 Å². The lowest BCUT2D eigenvalue weighted by Crippen LogP contribution is -2.50. The van der Waals surface area contributed by atoms with Crippen LogP contribution in [-0.4, -0.2) is 31.8 Å². The van der Waals surface area contributed by atoms with Crippen molar-refractivity contribution >= 4 is 0 Å². The van der Waals surface area contributed by atoms with E-state index < -0.39 is 0 Å². The molecule has 1 atom stereocenters. The van der Waals surface area contributed by atoms with Crippen molar-refractivity contribution < 1.29 is 4.74 Å². The van der Waals surface area contributed by atoms with E-state index in [2.05, 4.69) is 12.2 Å². The van der Waals surface area contributed by atoms with Gasteiger partial charge in [-0.25, -0.2) is 0 Å². The van der Waals surface area contributed by atoms with Crippen LogP contribution >= 0.6 is 0 Å². The second-order valence-electron chi connectivity index (χ2n) is 6.34. The molecule has 17 heavy (non-hydrogen) atoms. The van der Waals surface area contributed by atoms with Crippen LogP contribution in [0.2, 0.25) is 0 Å². The molecule has 3 heteroatoms. The van der Waals surface area contributed by atoms with E-state index in [1.54, 1.807) is 0 Å². The van der Waals surface area contributed by atoms with Crippen LogP contribution in [0.25, 0.3) is 0 Å². The molecule has 2 aliphatic rings. The number of rotatable bonds is 4. The van der Waals surface area contributed by atoms with Gasteiger partial charge in [0, 0.05) is 18.7 Å². The number of ether oxygens (including phenoxy) is 1. The van der Waals surface area contributed by atoms with Crippen molar-refractivity contribution in [3.05, 3.63) is 0 Å². The van der Waals surface area contributed by atoms with E-state index in [-0.39, 0.29) is 5.54 Å². The highest BCUT2D eigenvalue weighted by Gasteiger charge is 2.34. The molecule has 0 radical (unpaired) electrons. The Balaban J connectivity index is 1.89. The highest BCUT2D eigenvalue weighted by Crippen LogP contribution is 2.34. The average Bonchev–Trinajstić information content (AvgIpc) is 2.65. The van der Waals surface area contributed by atoms with Crippen molar-refractivity contribution in [2.75, 3.05) is 26.3 Å². The fraction of sp³-hybridized carbons (Fsp3) is 1.00. The zero-order valence-corrected chi connectivity index (χ0v) is 11.3. The molecule has 0 aromatic heterocycles. The highest BCUT2D eigenvalue weighted by molar-refractivity contribution is 4.92. The number of nitrogens with two attached hydrogens (primary N) is 1. The summed E-state index contributed by atoms with van der Waals surface area (Å²) in [6, 6.07) is 0. The topological polar surface area (TPSA) is 47.3 Å². The van der Waals surface area contributed by atoms with Gasteiger partial charge in [0.2, 0.25) is 0 Å². The third-order valence-corrected chi connectivity index (χ3v) is 4.71. The molecule has 1 unspecified atom stereocenters. The van der Waals surface area contributed by atoms with E-state index in [1.165, 1.54) is 38.5 Å². The molecule has 1 aliphatic heterocycles. The van der Waals surface area contributed by atoms with Gasteiger partial charge in [0.15, 0.2) is 0 Å². The van der Waals surface area contributed by atoms with E-state index in [0.29, 0.717) is 5.41 Å². The predicted octanol–water partition coefficient (Wildman–Crippen LogP) is 2.05. The van der Waals surface area contributed by atoms with Crippen molar-refractivity contribution in [2.24, 2.45) is 11.1 Å². The zero-order chi connectivity index (χ0) is 12.2. The third kappa shape index (κ3) is 3.43. The van der Waals surface area contributed by atoms with Crippen LogP contribution in [0.5, 0.6) is 0 Å². The minimum atomic E-state index is 0.189. The maximum atomic E-state index is 6.06. The second-order valence-corrected chi connectivity index (χ2v) is 6.34. The van der Waals surface area contributed by atoms with Gasteiger partial charge in [0.05, 0.1) is 6.61 Å². The van der Waals surface area contributed by atoms with Gasteiger partial charge in [-0.05, 0) is 38.1 Å². The minimum absolute atomic E-state index is 0.189. The van der Waals surface area contributed by atoms with E-state index in [4.69, 9.17) is 10.5 Å². The summed E-state index contributed by atoms with van der Waals surface area (Å²) in [4.78, 5) is 0. The molecule has 0 bridgehead atoms. The van der Waals surface area contributed by atoms with Gasteiger partial charge < -0.3 is 15.8 Å². The molecule has 1 saturated carbocycles. The molecule has 1 heterocycles. The molecular weight excluding hydrogens is 212 g/mol. The second kappa shape index (κ2) is 5.68. The first-order valence-corrected chi connectivity index (χ1v) is 7.21. The predicted molar refractivity (Wildman–Crippen MR) is 71.0 cm³/mol. The van der Waals surface area contributed by atoms with E-state index in [0.717, 1.165) is 32.7 Å². The van der Waals surface area contributed by atoms with Gasteiger partial charge in [0.1, 0.15) is 0 Å². The first-order chi connectivity index (χ1) is 8.18. The summed E-state index contributed by atoms with van der Waals surface area (Å²) in [5, 5.41) is 3.74. The van der Waals surface area contributed by atoms with E-state index >= 15 is 0 Å². The Labute approximate surface area is 105 Å². The smallest absolute Gasteiger partial charge is 0.0646 e. The molecule has 3 N–H and O–H groups in total. The number of hydrogen-bond acceptors (Lipinski definition) is 3. The maximum Gasteiger partial charge on any atom is 0.0646 e. The van der Waals surface area contributed by atoms with Crippen molar-refractivity contribution in [3.63, 3.8) is 0 Å². The summed E-state index contributed by atoms with van der Waals surface area (Å²) >= 11 is 0. The lowest BCUT2D eigenvalue weighted by atomic mass is 9.79. The summed E-state index contributed by atoms with van der Waals surface area (Å²) in [7, 11) is 0. The lowest BCUT2D eigenvalue weighted by molar-refractivity contribution is 0.156. The Morgan fingerprint density at radius 1 is 1.12 bits per heavy atom. The van der Waals surface area contributed by atoms with Crippen LogP contribution in [-0.2, 0) is 4.74 Å². The summed E-state index contributed by atoms with van der Waals surface area (Å²) in [6.45, 7) is 5.94. The Morgan fingerprint density at radius 2 is 1.82 bits per heavy atom. The Bertz CT molecular complexity index is 228. The minimum Gasteiger partial charge on any atom is -0.379 e. The average molecular weight is 240 g/mol. The standard InChI is InChI=1S/C14H28N2O/c1-13(8-9-17-12-13)16-11-14(10-15)6-4-2-3-5-7-14/h16H,2-12,15H2,1H3. The molecule has 1 aliphatic carbocycles. The number of hydrogen-bond donors (Lipinski definition) is 2. The van der Waals surface area contributed by atoms with E-state index in [1.807, 2.05) is 0 Å². The Hall–Kier alpha value is -0.120. The van der Waals surface area contributed by atoms with Crippen molar-refractivity contribution in [3.8, 4) is 0 Å². The number of nitrogens with one attached hydrogen (secondary N) is 1. The summed E-state index contributed by atoms with van der Waals surface area (Å²) in [5.41, 5.74) is 6.60. The molecule has 0 spiro atoms. The Kier molecular flexibility index (Phi) is 4.45. The summed E-state index contributed by atoms with van der Waals surface area (Å²) in [6.07, 6.45) is 9.22. The van der Waals surface area contributed by atoms with Crippen molar-refractivity contribution in [1.29, 1.82) is 0 Å². The fourth-order valence-electron chi connectivity index (χ4n) is 3.14. The van der Waals surface area contributed by atoms with Crippen molar-refractivity contribution in [2.45, 2.75) is 57.4 Å². The van der Waals surface area contributed by atoms with Gasteiger partial charge in [-0.1, -0.05) is 25.7 Å². The normalized spacial score (nSPS) is 33.5. The zero-order valence-electron chi connectivity index (χ0n) is 11.3. The van der Waals surface area contributed by atoms with E-state index in [9.17, 15) is 0 Å². The molecule has 0 aromatic carbocycles. The molecule has 3 nitrogen and oxygen atoms in total. The lowest BCUT2D eigenvalue weighted by Gasteiger charge is -2.36. The third-order valence-electron chi connectivity index (χ3n) is 4.71. The molecular formula is C14H28N2O. The quantitative estimate of drug-likeness (QED) is 0.739. The van der Waals surface area contributed by atoms with Gasteiger partial charge in [-0.2, -0.15) is 0 Å². The Morgan fingerprint density at radius 3 is 2.35 bits per heavy atom. The molecule has 0 amide bonds. The van der Waals surface area contributed by atoms with Crippen LogP contribution in [0.1, 0.15) is 51.9 Å². The van der Waals surface area contributed by atoms with Crippen molar-refractivity contribution in [1.82, 2.24) is 5.32 Å². The first-order valence-electron chi connectivity index (χ1n) is 7.21. The summed E-state index contributed by atoms with van der Waals surface area (Å²) in [5.74, 6) is 0. The molecule has 2 rings (SSSR count). The van der Waals surface area contributed by atoms with Crippen LogP contribution in [0.15, 0.2) is 0 Å². The fourth-order valence-corrected chi connectivity index (χ4v) is 3.14. The molecule has 100 valence electrons. The maximum absolute atomic E-state index is 6.06. The van der Waals surface area contributed by atoms with Crippen LogP contribution in [0.3, 0.4) is 0 Å². The molecule has 2 fully saturated rings. The first kappa shape index (κ1) is 13.3. The van der Waals surface area contributed by atoms with Gasteiger partial charge in [-0.15, -0.1) is 0 Å². The largest absolute Gasteiger partial charge is 0.379 e. The van der Waals surface area contributed by atoms with Crippen LogP contribution in [0, 0.1) is 5.41 Å². The monoisotopic (exact) mass is 240 g/mol. The molecule has 0 aromatic rings. The SMILES string of the molecule is CC1(NCC2(CN)CCCCCC2)CCOC1. The van der Waals surface area contributed by atoms with Gasteiger partial charge >= 0.3 is 0 Å². The summed E-state index contributed by atoms with van der Waals surface area (Å²) < 4.78 is 5.50.